The predicted molar refractivity (Wildman–Crippen MR) is 134 cm³/mol. The Bertz CT molecular complexity index is 588. The highest BCUT2D eigenvalue weighted by Gasteiger charge is 2.48. The van der Waals surface area contributed by atoms with Crippen LogP contribution in [-0.2, 0) is 9.53 Å². The number of hydrogen-bond acceptors (Lipinski definition) is 8. The van der Waals surface area contributed by atoms with Crippen LogP contribution in [0.25, 0.3) is 0 Å². The van der Waals surface area contributed by atoms with Gasteiger partial charge in [-0.1, -0.05) is 83.3 Å². The van der Waals surface area contributed by atoms with Crippen LogP contribution in [0.1, 0.15) is 90.9 Å². The first kappa shape index (κ1) is 32.0. The van der Waals surface area contributed by atoms with E-state index >= 15 is 0 Å². The Morgan fingerprint density at radius 2 is 1.43 bits per heavy atom. The third-order valence-corrected chi connectivity index (χ3v) is 6.68. The summed E-state index contributed by atoms with van der Waals surface area (Å²) in [6.45, 7) is 2.82. The zero-order valence-corrected chi connectivity index (χ0v) is 21.5. The molecule has 0 aromatic heterocycles. The third-order valence-electron chi connectivity index (χ3n) is 6.68. The number of rotatable bonds is 18. The van der Waals surface area contributed by atoms with E-state index in [1.54, 1.807) is 6.08 Å². The summed E-state index contributed by atoms with van der Waals surface area (Å²) in [6, 6.07) is -1.22. The molecular weight excluding hydrogens is 454 g/mol. The maximum atomic E-state index is 11.7. The Labute approximate surface area is 210 Å². The molecule has 0 spiro atoms. The average molecular weight is 504 g/mol. The van der Waals surface area contributed by atoms with Crippen molar-refractivity contribution in [1.82, 2.24) is 5.32 Å². The van der Waals surface area contributed by atoms with Crippen LogP contribution in [-0.4, -0.2) is 91.9 Å². The summed E-state index contributed by atoms with van der Waals surface area (Å²) in [5.74, 6) is -0.503. The second kappa shape index (κ2) is 18.2. The molecule has 2 unspecified atom stereocenters. The zero-order chi connectivity index (χ0) is 26.2. The van der Waals surface area contributed by atoms with Crippen LogP contribution < -0.4 is 5.32 Å². The monoisotopic (exact) mass is 503 g/mol. The average Bonchev–Trinajstić information content (AvgIpc) is 2.83. The van der Waals surface area contributed by atoms with Crippen LogP contribution in [0.4, 0.5) is 0 Å². The van der Waals surface area contributed by atoms with Crippen molar-refractivity contribution in [2.75, 3.05) is 6.61 Å². The van der Waals surface area contributed by atoms with Gasteiger partial charge in [0.15, 0.2) is 0 Å². The van der Waals surface area contributed by atoms with Gasteiger partial charge in [-0.3, -0.25) is 4.79 Å². The molecule has 1 heterocycles. The number of unbranched alkanes of at least 4 members (excludes halogenated alkanes) is 11. The number of nitrogens with one attached hydrogen (secondary N) is 1. The van der Waals surface area contributed by atoms with Crippen molar-refractivity contribution in [2.24, 2.45) is 0 Å². The fraction of sp³-hybridized carbons (Fsp3) is 0.885. The fourth-order valence-corrected chi connectivity index (χ4v) is 4.51. The summed E-state index contributed by atoms with van der Waals surface area (Å²) >= 11 is 0. The Kier molecular flexibility index (Phi) is 16.6. The van der Waals surface area contributed by atoms with Gasteiger partial charge in [0.2, 0.25) is 5.91 Å². The summed E-state index contributed by atoms with van der Waals surface area (Å²) in [4.78, 5) is 11.7. The molecule has 7 N–H and O–H groups in total. The van der Waals surface area contributed by atoms with E-state index in [1.807, 2.05) is 0 Å². The summed E-state index contributed by atoms with van der Waals surface area (Å²) < 4.78 is 5.38. The van der Waals surface area contributed by atoms with Crippen LogP contribution in [0.5, 0.6) is 0 Å². The second-order valence-corrected chi connectivity index (χ2v) is 9.75. The Morgan fingerprint density at radius 3 is 1.94 bits per heavy atom. The van der Waals surface area contributed by atoms with E-state index < -0.39 is 61.3 Å². The molecule has 1 aliphatic heterocycles. The number of amides is 1. The topological polar surface area (TPSA) is 160 Å². The lowest BCUT2D eigenvalue weighted by Gasteiger charge is -2.43. The van der Waals surface area contributed by atoms with E-state index in [0.29, 0.717) is 0 Å². The molecule has 0 bridgehead atoms. The molecule has 1 fully saturated rings. The van der Waals surface area contributed by atoms with Gasteiger partial charge in [-0.15, -0.1) is 0 Å². The smallest absolute Gasteiger partial charge is 0.217 e. The molecule has 1 amide bonds. The Hall–Kier alpha value is -1.07. The van der Waals surface area contributed by atoms with Gasteiger partial charge in [0.05, 0.1) is 18.8 Å². The van der Waals surface area contributed by atoms with Crippen molar-refractivity contribution in [2.45, 2.75) is 140 Å². The molecule has 206 valence electrons. The molecular formula is C26H49NO8. The molecule has 1 aliphatic rings. The normalized spacial score (nSPS) is 27.6. The zero-order valence-electron chi connectivity index (χ0n) is 21.5. The van der Waals surface area contributed by atoms with E-state index in [-0.39, 0.29) is 0 Å². The molecule has 0 saturated carbocycles. The molecule has 0 aromatic carbocycles. The predicted octanol–water partition coefficient (Wildman–Crippen LogP) is 1.31. The Morgan fingerprint density at radius 1 is 0.886 bits per heavy atom. The van der Waals surface area contributed by atoms with Crippen LogP contribution in [0.15, 0.2) is 12.2 Å². The lowest BCUT2D eigenvalue weighted by molar-refractivity contribution is -0.253. The minimum Gasteiger partial charge on any atom is -0.394 e. The largest absolute Gasteiger partial charge is 0.394 e. The first-order chi connectivity index (χ1) is 16.7. The number of carbonyl (C=O) groups is 1. The first-order valence-electron chi connectivity index (χ1n) is 13.3. The SMILES string of the molecule is CCCCCCCCCCCCC/C=C/[C@@H](O)[C@@H](NC(C)=O)C(O)C1O[C@H](CO)[C@@H](O)[C@H](O)[C@H]1O. The van der Waals surface area contributed by atoms with Gasteiger partial charge in [0, 0.05) is 6.92 Å². The van der Waals surface area contributed by atoms with Crippen molar-refractivity contribution in [1.29, 1.82) is 0 Å². The van der Waals surface area contributed by atoms with E-state index in [9.17, 15) is 35.4 Å². The molecule has 1 rings (SSSR count). The number of aliphatic hydroxyl groups is 6. The summed E-state index contributed by atoms with van der Waals surface area (Å²) in [7, 11) is 0. The van der Waals surface area contributed by atoms with E-state index in [0.717, 1.165) is 19.3 Å². The van der Waals surface area contributed by atoms with E-state index in [1.165, 1.54) is 70.8 Å². The van der Waals surface area contributed by atoms with Crippen molar-refractivity contribution in [3.63, 3.8) is 0 Å². The van der Waals surface area contributed by atoms with Gasteiger partial charge in [0.25, 0.3) is 0 Å². The number of hydrogen-bond donors (Lipinski definition) is 7. The molecule has 0 aromatic rings. The van der Waals surface area contributed by atoms with Gasteiger partial charge in [-0.05, 0) is 12.8 Å². The van der Waals surface area contributed by atoms with Gasteiger partial charge >= 0.3 is 0 Å². The highest BCUT2D eigenvalue weighted by Crippen LogP contribution is 2.25. The van der Waals surface area contributed by atoms with Crippen molar-refractivity contribution < 1.29 is 40.2 Å². The third kappa shape index (κ3) is 11.7. The second-order valence-electron chi connectivity index (χ2n) is 9.75. The summed E-state index contributed by atoms with van der Waals surface area (Å²) in [5, 5.41) is 63.4. The molecule has 1 saturated heterocycles. The lowest BCUT2D eigenvalue weighted by Crippen LogP contribution is -2.65. The fourth-order valence-electron chi connectivity index (χ4n) is 4.51. The van der Waals surface area contributed by atoms with Crippen LogP contribution in [0, 0.1) is 0 Å². The van der Waals surface area contributed by atoms with Gasteiger partial charge in [0.1, 0.15) is 36.6 Å². The highest BCUT2D eigenvalue weighted by molar-refractivity contribution is 5.73. The van der Waals surface area contributed by atoms with Crippen molar-refractivity contribution in [3.05, 3.63) is 12.2 Å². The number of ether oxygens (including phenoxy) is 1. The van der Waals surface area contributed by atoms with Crippen LogP contribution in [0.3, 0.4) is 0 Å². The molecule has 9 nitrogen and oxygen atoms in total. The molecule has 0 aliphatic carbocycles. The minimum atomic E-state index is -1.67. The van der Waals surface area contributed by atoms with Gasteiger partial charge < -0.3 is 40.7 Å². The van der Waals surface area contributed by atoms with E-state index in [2.05, 4.69) is 12.2 Å². The number of aliphatic hydroxyl groups excluding tert-OH is 6. The van der Waals surface area contributed by atoms with Crippen molar-refractivity contribution in [3.8, 4) is 0 Å². The maximum Gasteiger partial charge on any atom is 0.217 e. The molecule has 8 atom stereocenters. The number of carbonyl (C=O) groups excluding carboxylic acids is 1. The van der Waals surface area contributed by atoms with E-state index in [4.69, 9.17) is 4.74 Å². The van der Waals surface area contributed by atoms with Crippen molar-refractivity contribution >= 4 is 5.91 Å². The molecule has 35 heavy (non-hydrogen) atoms. The Balaban J connectivity index is 2.45. The molecule has 9 heteroatoms. The minimum absolute atomic E-state index is 0.503. The summed E-state index contributed by atoms with van der Waals surface area (Å²) in [5.41, 5.74) is 0. The summed E-state index contributed by atoms with van der Waals surface area (Å²) in [6.07, 6.45) is 7.31. The molecule has 0 radical (unpaired) electrons. The quantitative estimate of drug-likeness (QED) is 0.109. The first-order valence-corrected chi connectivity index (χ1v) is 13.3. The van der Waals surface area contributed by atoms with Gasteiger partial charge in [-0.25, -0.2) is 0 Å². The maximum absolute atomic E-state index is 11.7. The van der Waals surface area contributed by atoms with Crippen LogP contribution >= 0.6 is 0 Å². The number of allylic oxidation sites excluding steroid dienone is 1. The standard InChI is InChI=1S/C26H49NO8/c1-3-4-5-6-7-8-9-10-11-12-13-14-15-16-19(30)21(27-18(2)29)23(32)26-25(34)24(33)22(31)20(17-28)35-26/h15-16,19-26,28,30-34H,3-14,17H2,1-2H3,(H,27,29)/b16-15+/t19-,20-,21-,22-,23?,24+,25-,26?/m1/s1. The van der Waals surface area contributed by atoms with Gasteiger partial charge in [-0.2, -0.15) is 0 Å². The van der Waals surface area contributed by atoms with Crippen LogP contribution in [0.2, 0.25) is 0 Å². The highest BCUT2D eigenvalue weighted by atomic mass is 16.6. The lowest BCUT2D eigenvalue weighted by atomic mass is 9.88.